The molecule has 120 valence electrons. The fraction of sp³-hybridized carbons (Fsp3) is 0.389. The molecule has 0 unspecified atom stereocenters. The molecule has 0 radical (unpaired) electrons. The lowest BCUT2D eigenvalue weighted by molar-refractivity contribution is -0.115. The van der Waals surface area contributed by atoms with Crippen molar-refractivity contribution in [3.05, 3.63) is 42.0 Å². The standard InChI is InChI=1S/C18H21N3O2/c1-2-17(22)20-16-7-5-13(6-8-16)18(23)21-19-11-15-10-12-3-4-14(15)9-12/h3-8,11-12,14-15H,2,9-10H2,1H3,(H,20,22)(H,21,23)/t12-,14-,15-/m0/s1. The molecular weight excluding hydrogens is 290 g/mol. The Balaban J connectivity index is 1.52. The van der Waals surface area contributed by atoms with Crippen molar-refractivity contribution >= 4 is 23.7 Å². The van der Waals surface area contributed by atoms with Crippen LogP contribution in [-0.4, -0.2) is 18.0 Å². The summed E-state index contributed by atoms with van der Waals surface area (Å²) in [6.45, 7) is 1.79. The number of hydrogen-bond donors (Lipinski definition) is 2. The van der Waals surface area contributed by atoms with Crippen molar-refractivity contribution in [3.63, 3.8) is 0 Å². The van der Waals surface area contributed by atoms with Crippen LogP contribution in [0.15, 0.2) is 41.5 Å². The Labute approximate surface area is 135 Å². The first-order valence-corrected chi connectivity index (χ1v) is 8.07. The van der Waals surface area contributed by atoms with Gasteiger partial charge in [0.15, 0.2) is 0 Å². The van der Waals surface area contributed by atoms with E-state index < -0.39 is 0 Å². The average Bonchev–Trinajstić information content (AvgIpc) is 3.18. The molecule has 0 aromatic heterocycles. The van der Waals surface area contributed by atoms with Gasteiger partial charge in [-0.15, -0.1) is 0 Å². The fourth-order valence-corrected chi connectivity index (χ4v) is 3.21. The fourth-order valence-electron chi connectivity index (χ4n) is 3.21. The van der Waals surface area contributed by atoms with Gasteiger partial charge in [0.05, 0.1) is 0 Å². The number of carbonyl (C=O) groups excluding carboxylic acids is 2. The highest BCUT2D eigenvalue weighted by Gasteiger charge is 2.34. The number of allylic oxidation sites excluding steroid dienone is 2. The molecule has 2 aliphatic rings. The molecule has 3 rings (SSSR count). The Morgan fingerprint density at radius 1 is 1.22 bits per heavy atom. The molecule has 0 spiro atoms. The van der Waals surface area contributed by atoms with Crippen LogP contribution in [0.1, 0.15) is 36.5 Å². The van der Waals surface area contributed by atoms with Crippen LogP contribution in [0.3, 0.4) is 0 Å². The van der Waals surface area contributed by atoms with E-state index in [1.807, 2.05) is 6.21 Å². The van der Waals surface area contributed by atoms with Crippen molar-refractivity contribution in [1.29, 1.82) is 0 Å². The van der Waals surface area contributed by atoms with E-state index in [9.17, 15) is 9.59 Å². The van der Waals surface area contributed by atoms with Crippen LogP contribution in [0, 0.1) is 17.8 Å². The summed E-state index contributed by atoms with van der Waals surface area (Å²) >= 11 is 0. The molecule has 1 saturated carbocycles. The molecular formula is C18H21N3O2. The first kappa shape index (κ1) is 15.5. The summed E-state index contributed by atoms with van der Waals surface area (Å²) in [6, 6.07) is 6.78. The molecule has 1 fully saturated rings. The van der Waals surface area contributed by atoms with E-state index in [1.165, 1.54) is 6.42 Å². The van der Waals surface area contributed by atoms with Crippen LogP contribution in [0.4, 0.5) is 5.69 Å². The molecule has 0 saturated heterocycles. The molecule has 5 heteroatoms. The number of hydrogen-bond acceptors (Lipinski definition) is 3. The van der Waals surface area contributed by atoms with Crippen molar-refractivity contribution < 1.29 is 9.59 Å². The molecule has 1 aromatic carbocycles. The van der Waals surface area contributed by atoms with Gasteiger partial charge in [0.25, 0.3) is 5.91 Å². The van der Waals surface area contributed by atoms with E-state index >= 15 is 0 Å². The second-order valence-electron chi connectivity index (χ2n) is 6.14. The monoisotopic (exact) mass is 311 g/mol. The maximum Gasteiger partial charge on any atom is 0.271 e. The van der Waals surface area contributed by atoms with Crippen LogP contribution in [0.25, 0.3) is 0 Å². The zero-order chi connectivity index (χ0) is 16.2. The normalized spacial score (nSPS) is 25.0. The molecule has 0 aliphatic heterocycles. The van der Waals surface area contributed by atoms with E-state index in [4.69, 9.17) is 0 Å². The maximum atomic E-state index is 12.0. The van der Waals surface area contributed by atoms with Gasteiger partial charge in [-0.05, 0) is 48.9 Å². The number of hydrazone groups is 1. The number of nitrogens with zero attached hydrogens (tertiary/aromatic N) is 1. The number of fused-ring (bicyclic) bond motifs is 2. The first-order chi connectivity index (χ1) is 11.2. The second-order valence-corrected chi connectivity index (χ2v) is 6.14. The highest BCUT2D eigenvalue weighted by Crippen LogP contribution is 2.42. The molecule has 2 N–H and O–H groups in total. The van der Waals surface area contributed by atoms with Gasteiger partial charge in [-0.25, -0.2) is 5.43 Å². The van der Waals surface area contributed by atoms with Gasteiger partial charge >= 0.3 is 0 Å². The predicted octanol–water partition coefficient (Wildman–Crippen LogP) is 2.96. The Bertz CT molecular complexity index is 649. The maximum absolute atomic E-state index is 12.0. The largest absolute Gasteiger partial charge is 0.326 e. The Hall–Kier alpha value is -2.43. The van der Waals surface area contributed by atoms with Crippen LogP contribution < -0.4 is 10.7 Å². The van der Waals surface area contributed by atoms with E-state index in [1.54, 1.807) is 31.2 Å². The van der Waals surface area contributed by atoms with Gasteiger partial charge in [0.1, 0.15) is 0 Å². The second kappa shape index (κ2) is 6.77. The number of rotatable bonds is 5. The summed E-state index contributed by atoms with van der Waals surface area (Å²) in [5.41, 5.74) is 3.78. The number of benzene rings is 1. The highest BCUT2D eigenvalue weighted by molar-refractivity contribution is 5.95. The minimum atomic E-state index is -0.242. The summed E-state index contributed by atoms with van der Waals surface area (Å²) in [6.07, 6.45) is 9.18. The zero-order valence-electron chi connectivity index (χ0n) is 13.2. The molecule has 3 atom stereocenters. The van der Waals surface area contributed by atoms with Crippen molar-refractivity contribution in [2.24, 2.45) is 22.9 Å². The molecule has 0 heterocycles. The Morgan fingerprint density at radius 2 is 2.00 bits per heavy atom. The highest BCUT2D eigenvalue weighted by atomic mass is 16.2. The number of carbonyl (C=O) groups is 2. The van der Waals surface area contributed by atoms with Gasteiger partial charge in [-0.3, -0.25) is 9.59 Å². The summed E-state index contributed by atoms with van der Waals surface area (Å²) in [5, 5.41) is 6.85. The molecule has 2 bridgehead atoms. The third-order valence-electron chi connectivity index (χ3n) is 4.51. The lowest BCUT2D eigenvalue weighted by Crippen LogP contribution is -2.19. The Kier molecular flexibility index (Phi) is 4.55. The van der Waals surface area contributed by atoms with Crippen molar-refractivity contribution in [3.8, 4) is 0 Å². The third-order valence-corrected chi connectivity index (χ3v) is 4.51. The van der Waals surface area contributed by atoms with Crippen molar-refractivity contribution in [1.82, 2.24) is 5.43 Å². The molecule has 2 amide bonds. The topological polar surface area (TPSA) is 70.6 Å². The number of amides is 2. The van der Waals surface area contributed by atoms with Crippen LogP contribution in [0.2, 0.25) is 0 Å². The van der Waals surface area contributed by atoms with E-state index in [0.29, 0.717) is 35.4 Å². The average molecular weight is 311 g/mol. The number of nitrogens with one attached hydrogen (secondary N) is 2. The van der Waals surface area contributed by atoms with Gasteiger partial charge < -0.3 is 5.32 Å². The molecule has 23 heavy (non-hydrogen) atoms. The quantitative estimate of drug-likeness (QED) is 0.498. The smallest absolute Gasteiger partial charge is 0.271 e. The van der Waals surface area contributed by atoms with Crippen molar-refractivity contribution in [2.45, 2.75) is 26.2 Å². The van der Waals surface area contributed by atoms with Crippen LogP contribution in [0.5, 0.6) is 0 Å². The molecule has 1 aromatic rings. The van der Waals surface area contributed by atoms with Gasteiger partial charge in [-0.2, -0.15) is 5.10 Å². The van der Waals surface area contributed by atoms with Gasteiger partial charge in [0, 0.05) is 29.8 Å². The Morgan fingerprint density at radius 3 is 2.61 bits per heavy atom. The summed E-state index contributed by atoms with van der Waals surface area (Å²) in [5.74, 6) is 1.43. The van der Waals surface area contributed by atoms with E-state index in [-0.39, 0.29) is 11.8 Å². The van der Waals surface area contributed by atoms with Crippen LogP contribution >= 0.6 is 0 Å². The summed E-state index contributed by atoms with van der Waals surface area (Å²) < 4.78 is 0. The molecule has 5 nitrogen and oxygen atoms in total. The van der Waals surface area contributed by atoms with E-state index in [2.05, 4.69) is 28.0 Å². The SMILES string of the molecule is CCC(=O)Nc1ccc(C(=O)NN=C[C@@H]2C[C@H]3C=C[C@H]2C3)cc1. The summed E-state index contributed by atoms with van der Waals surface area (Å²) in [7, 11) is 0. The van der Waals surface area contributed by atoms with Gasteiger partial charge in [-0.1, -0.05) is 19.1 Å². The third kappa shape index (κ3) is 3.67. The van der Waals surface area contributed by atoms with Gasteiger partial charge in [0.2, 0.25) is 5.91 Å². The molecule has 2 aliphatic carbocycles. The minimum Gasteiger partial charge on any atom is -0.326 e. The predicted molar refractivity (Wildman–Crippen MR) is 90.2 cm³/mol. The van der Waals surface area contributed by atoms with Crippen LogP contribution in [-0.2, 0) is 4.79 Å². The lowest BCUT2D eigenvalue weighted by Gasteiger charge is -2.12. The van der Waals surface area contributed by atoms with E-state index in [0.717, 1.165) is 6.42 Å². The van der Waals surface area contributed by atoms with Crippen molar-refractivity contribution in [2.75, 3.05) is 5.32 Å². The lowest BCUT2D eigenvalue weighted by atomic mass is 9.95. The summed E-state index contributed by atoms with van der Waals surface area (Å²) in [4.78, 5) is 23.3. The zero-order valence-corrected chi connectivity index (χ0v) is 13.2. The first-order valence-electron chi connectivity index (χ1n) is 8.07. The minimum absolute atomic E-state index is 0.0493. The number of anilines is 1.